The van der Waals surface area contributed by atoms with E-state index < -0.39 is 11.9 Å². The third kappa shape index (κ3) is 4.85. The molecular weight excluding hydrogens is 388 g/mol. The molecule has 0 aliphatic heterocycles. The maximum Gasteiger partial charge on any atom is 0.343 e. The minimum atomic E-state index is -0.542. The second-order valence-electron chi connectivity index (χ2n) is 6.19. The average molecular weight is 408 g/mol. The number of benzene rings is 3. The molecule has 3 rings (SSSR count). The number of fused-ring (bicyclic) bond motifs is 1. The van der Waals surface area contributed by atoms with Gasteiger partial charge >= 0.3 is 5.97 Å². The zero-order valence-corrected chi connectivity index (χ0v) is 16.4. The molecule has 0 aliphatic carbocycles. The van der Waals surface area contributed by atoms with E-state index in [-0.39, 0.29) is 17.9 Å². The number of hydrazone groups is 1. The number of nitrogens with zero attached hydrogens (tertiary/aromatic N) is 1. The minimum Gasteiger partial charge on any atom is -0.507 e. The molecule has 3 aromatic carbocycles. The molecule has 0 heterocycles. The fourth-order valence-corrected chi connectivity index (χ4v) is 2.72. The molecule has 1 amide bonds. The van der Waals surface area contributed by atoms with Crippen LogP contribution in [0.1, 0.15) is 15.9 Å². The smallest absolute Gasteiger partial charge is 0.343 e. The predicted molar refractivity (Wildman–Crippen MR) is 111 cm³/mol. The van der Waals surface area contributed by atoms with Crippen molar-refractivity contribution >= 4 is 28.9 Å². The van der Waals surface area contributed by atoms with Crippen LogP contribution in [-0.2, 0) is 9.53 Å². The first-order valence-corrected chi connectivity index (χ1v) is 8.94. The van der Waals surface area contributed by atoms with Gasteiger partial charge in [-0.25, -0.2) is 10.2 Å². The first-order chi connectivity index (χ1) is 14.5. The Morgan fingerprint density at radius 2 is 1.77 bits per heavy atom. The lowest BCUT2D eigenvalue weighted by Gasteiger charge is -2.10. The van der Waals surface area contributed by atoms with Gasteiger partial charge in [-0.2, -0.15) is 5.10 Å². The van der Waals surface area contributed by atoms with Gasteiger partial charge in [0, 0.05) is 0 Å². The molecule has 0 aromatic heterocycles. The fraction of sp³-hybridized carbons (Fsp3) is 0.136. The lowest BCUT2D eigenvalue weighted by molar-refractivity contribution is -0.142. The summed E-state index contributed by atoms with van der Waals surface area (Å²) in [6.45, 7) is -0.244. The van der Waals surface area contributed by atoms with Crippen molar-refractivity contribution in [1.29, 1.82) is 0 Å². The summed E-state index contributed by atoms with van der Waals surface area (Å²) in [6.07, 6.45) is 1.42. The number of esters is 1. The predicted octanol–water partition coefficient (Wildman–Crippen LogP) is 2.87. The molecule has 0 bridgehead atoms. The van der Waals surface area contributed by atoms with Crippen LogP contribution in [0.3, 0.4) is 0 Å². The number of amides is 1. The van der Waals surface area contributed by atoms with Gasteiger partial charge in [0.05, 0.1) is 26.0 Å². The second kappa shape index (κ2) is 9.42. The zero-order valence-electron chi connectivity index (χ0n) is 16.4. The van der Waals surface area contributed by atoms with E-state index in [9.17, 15) is 14.7 Å². The molecule has 0 radical (unpaired) electrons. The molecule has 8 heteroatoms. The van der Waals surface area contributed by atoms with E-state index >= 15 is 0 Å². The summed E-state index contributed by atoms with van der Waals surface area (Å²) in [6, 6.07) is 15.5. The molecule has 0 fully saturated rings. The van der Waals surface area contributed by atoms with E-state index in [0.29, 0.717) is 17.1 Å². The summed E-state index contributed by atoms with van der Waals surface area (Å²) in [5, 5.41) is 15.7. The van der Waals surface area contributed by atoms with Gasteiger partial charge < -0.3 is 19.3 Å². The van der Waals surface area contributed by atoms with Crippen LogP contribution in [0.2, 0.25) is 0 Å². The van der Waals surface area contributed by atoms with Gasteiger partial charge in [0.25, 0.3) is 5.91 Å². The molecule has 0 spiro atoms. The van der Waals surface area contributed by atoms with E-state index in [1.54, 1.807) is 24.3 Å². The van der Waals surface area contributed by atoms with Crippen molar-refractivity contribution in [3.63, 3.8) is 0 Å². The number of ether oxygens (including phenoxy) is 3. The molecule has 2 N–H and O–H groups in total. The van der Waals surface area contributed by atoms with Crippen molar-refractivity contribution in [3.05, 3.63) is 65.7 Å². The van der Waals surface area contributed by atoms with Crippen molar-refractivity contribution < 1.29 is 28.9 Å². The Morgan fingerprint density at radius 1 is 1.03 bits per heavy atom. The first kappa shape index (κ1) is 20.7. The number of methoxy groups -OCH3 is 2. The summed E-state index contributed by atoms with van der Waals surface area (Å²) in [5.74, 6) is -0.427. The second-order valence-corrected chi connectivity index (χ2v) is 6.19. The van der Waals surface area contributed by atoms with Crippen LogP contribution >= 0.6 is 0 Å². The van der Waals surface area contributed by atoms with Gasteiger partial charge in [0.2, 0.25) is 0 Å². The van der Waals surface area contributed by atoms with Crippen LogP contribution in [0.25, 0.3) is 10.8 Å². The largest absolute Gasteiger partial charge is 0.507 e. The van der Waals surface area contributed by atoms with Crippen LogP contribution in [0.5, 0.6) is 17.2 Å². The monoisotopic (exact) mass is 408 g/mol. The highest BCUT2D eigenvalue weighted by Gasteiger charge is 2.12. The minimum absolute atomic E-state index is 0.120. The van der Waals surface area contributed by atoms with Gasteiger partial charge in [0.1, 0.15) is 5.75 Å². The van der Waals surface area contributed by atoms with Crippen molar-refractivity contribution in [2.45, 2.75) is 0 Å². The molecule has 0 aliphatic rings. The van der Waals surface area contributed by atoms with Gasteiger partial charge in [0.15, 0.2) is 18.1 Å². The van der Waals surface area contributed by atoms with Gasteiger partial charge in [-0.1, -0.05) is 24.3 Å². The standard InChI is InChI=1S/C22H20N2O6/c1-28-20-9-14(7-8-19(20)30-13-21(26)29-2)12-23-24-22(27)17-10-15-5-3-4-6-16(15)11-18(17)25/h3-12,25H,13H2,1-2H3,(H,24,27). The van der Waals surface area contributed by atoms with Gasteiger partial charge in [-0.15, -0.1) is 0 Å². The van der Waals surface area contributed by atoms with Crippen molar-refractivity contribution in [1.82, 2.24) is 5.43 Å². The van der Waals surface area contributed by atoms with Crippen molar-refractivity contribution in [2.24, 2.45) is 5.10 Å². The van der Waals surface area contributed by atoms with E-state index in [4.69, 9.17) is 9.47 Å². The number of aromatic hydroxyl groups is 1. The Labute approximate surface area is 172 Å². The Kier molecular flexibility index (Phi) is 6.49. The highest BCUT2D eigenvalue weighted by atomic mass is 16.6. The van der Waals surface area contributed by atoms with E-state index in [2.05, 4.69) is 15.3 Å². The molecule has 30 heavy (non-hydrogen) atoms. The maximum absolute atomic E-state index is 12.4. The number of carbonyl (C=O) groups is 2. The highest BCUT2D eigenvalue weighted by molar-refractivity contribution is 6.01. The number of hydrogen-bond donors (Lipinski definition) is 2. The Bertz CT molecular complexity index is 1110. The third-order valence-corrected chi connectivity index (χ3v) is 4.25. The first-order valence-electron chi connectivity index (χ1n) is 8.94. The van der Waals surface area contributed by atoms with Crippen LogP contribution in [0, 0.1) is 0 Å². The molecule has 8 nitrogen and oxygen atoms in total. The summed E-state index contributed by atoms with van der Waals surface area (Å²) in [7, 11) is 2.74. The lowest BCUT2D eigenvalue weighted by Crippen LogP contribution is -2.17. The quantitative estimate of drug-likeness (QED) is 0.354. The van der Waals surface area contributed by atoms with Gasteiger partial charge in [-0.05, 0) is 46.7 Å². The Morgan fingerprint density at radius 3 is 2.47 bits per heavy atom. The highest BCUT2D eigenvalue weighted by Crippen LogP contribution is 2.28. The lowest BCUT2D eigenvalue weighted by atomic mass is 10.1. The van der Waals surface area contributed by atoms with Crippen LogP contribution in [0.15, 0.2) is 59.7 Å². The van der Waals surface area contributed by atoms with E-state index in [1.807, 2.05) is 24.3 Å². The molecule has 3 aromatic rings. The number of phenolic OH excluding ortho intramolecular Hbond substituents is 1. The van der Waals surface area contributed by atoms with E-state index in [1.165, 1.54) is 26.5 Å². The number of hydrogen-bond acceptors (Lipinski definition) is 7. The topological polar surface area (TPSA) is 106 Å². The summed E-state index contributed by atoms with van der Waals surface area (Å²) in [5.41, 5.74) is 3.14. The fourth-order valence-electron chi connectivity index (χ4n) is 2.72. The van der Waals surface area contributed by atoms with Crippen molar-refractivity contribution in [3.8, 4) is 17.2 Å². The normalized spacial score (nSPS) is 10.7. The molecule has 154 valence electrons. The molecule has 0 saturated carbocycles. The number of nitrogens with one attached hydrogen (secondary N) is 1. The summed E-state index contributed by atoms with van der Waals surface area (Å²) >= 11 is 0. The summed E-state index contributed by atoms with van der Waals surface area (Å²) in [4.78, 5) is 23.6. The molecular formula is C22H20N2O6. The van der Waals surface area contributed by atoms with Crippen molar-refractivity contribution in [2.75, 3.05) is 20.8 Å². The molecule has 0 atom stereocenters. The number of phenols is 1. The Balaban J connectivity index is 1.69. The Hall–Kier alpha value is -4.07. The number of carbonyl (C=O) groups excluding carboxylic acids is 2. The van der Waals surface area contributed by atoms with Crippen LogP contribution in [0.4, 0.5) is 0 Å². The van der Waals surface area contributed by atoms with E-state index in [0.717, 1.165) is 10.8 Å². The average Bonchev–Trinajstić information content (AvgIpc) is 2.77. The molecule has 0 unspecified atom stereocenters. The maximum atomic E-state index is 12.4. The van der Waals surface area contributed by atoms with Crippen LogP contribution in [-0.4, -0.2) is 44.0 Å². The van der Waals surface area contributed by atoms with Gasteiger partial charge in [-0.3, -0.25) is 4.79 Å². The third-order valence-electron chi connectivity index (χ3n) is 4.25. The number of rotatable bonds is 7. The van der Waals surface area contributed by atoms with Crippen LogP contribution < -0.4 is 14.9 Å². The zero-order chi connectivity index (χ0) is 21.5. The molecule has 0 saturated heterocycles. The summed E-state index contributed by atoms with van der Waals surface area (Å²) < 4.78 is 15.1. The SMILES string of the molecule is COC(=O)COc1ccc(C=NNC(=O)c2cc3ccccc3cc2O)cc1OC.